The van der Waals surface area contributed by atoms with Crippen LogP contribution in [0.1, 0.15) is 0 Å². The van der Waals surface area contributed by atoms with E-state index >= 15 is 0 Å². The third-order valence-electron chi connectivity index (χ3n) is 3.48. The van der Waals surface area contributed by atoms with Crippen LogP contribution >= 0.6 is 11.6 Å². The Balaban J connectivity index is 2.36. The third-order valence-corrected chi connectivity index (χ3v) is 3.79. The molecule has 0 heterocycles. The highest BCUT2D eigenvalue weighted by Gasteiger charge is 2.19. The molecule has 3 nitrogen and oxygen atoms in total. The van der Waals surface area contributed by atoms with E-state index in [-0.39, 0.29) is 17.2 Å². The normalized spacial score (nSPS) is 10.6. The number of aromatic hydroxyl groups is 3. The van der Waals surface area contributed by atoms with E-state index in [0.717, 1.165) is 0 Å². The zero-order valence-electron chi connectivity index (χ0n) is 11.5. The Morgan fingerprint density at radius 1 is 0.545 bits per heavy atom. The van der Waals surface area contributed by atoms with Crippen molar-refractivity contribution < 1.29 is 15.3 Å². The minimum absolute atomic E-state index is 0.0239. The number of hydrogen-bond acceptors (Lipinski definition) is 3. The molecule has 0 fully saturated rings. The maximum atomic E-state index is 10.3. The minimum Gasteiger partial charge on any atom is -0.507 e. The molecule has 0 spiro atoms. The van der Waals surface area contributed by atoms with Gasteiger partial charge in [-0.25, -0.2) is 0 Å². The molecule has 0 radical (unpaired) electrons. The van der Waals surface area contributed by atoms with Gasteiger partial charge in [-0.2, -0.15) is 0 Å². The van der Waals surface area contributed by atoms with Crippen molar-refractivity contribution in [1.29, 1.82) is 0 Å². The van der Waals surface area contributed by atoms with E-state index in [1.54, 1.807) is 48.5 Å². The van der Waals surface area contributed by atoms with Gasteiger partial charge >= 0.3 is 0 Å². The number of phenolic OH excluding ortho intramolecular Hbond substituents is 3. The molecule has 3 aromatic carbocycles. The molecule has 0 saturated carbocycles. The van der Waals surface area contributed by atoms with Crippen molar-refractivity contribution in [1.82, 2.24) is 0 Å². The summed E-state index contributed by atoms with van der Waals surface area (Å²) in [5.74, 6) is 0.0238. The Bertz CT molecular complexity index is 823. The van der Waals surface area contributed by atoms with Gasteiger partial charge < -0.3 is 15.3 Å². The molecule has 4 heteroatoms. The van der Waals surface area contributed by atoms with E-state index in [9.17, 15) is 15.3 Å². The third kappa shape index (κ3) is 2.36. The Hall–Kier alpha value is -2.65. The zero-order valence-corrected chi connectivity index (χ0v) is 12.2. The van der Waals surface area contributed by atoms with Gasteiger partial charge in [0, 0.05) is 16.7 Å². The van der Waals surface area contributed by atoms with E-state index in [0.29, 0.717) is 27.3 Å². The van der Waals surface area contributed by atoms with Crippen molar-refractivity contribution in [3.63, 3.8) is 0 Å². The van der Waals surface area contributed by atoms with Gasteiger partial charge in [-0.05, 0) is 29.8 Å². The maximum absolute atomic E-state index is 10.3. The first kappa shape index (κ1) is 14.3. The fourth-order valence-corrected chi connectivity index (χ4v) is 2.75. The first-order valence-electron chi connectivity index (χ1n) is 6.68. The van der Waals surface area contributed by atoms with Crippen LogP contribution in [-0.4, -0.2) is 15.3 Å². The number of para-hydroxylation sites is 1. The van der Waals surface area contributed by atoms with Crippen LogP contribution in [0.3, 0.4) is 0 Å². The molecular formula is C18H13ClO3. The van der Waals surface area contributed by atoms with Gasteiger partial charge in [-0.3, -0.25) is 0 Å². The molecule has 3 N–H and O–H groups in total. The summed E-state index contributed by atoms with van der Waals surface area (Å²) in [6, 6.07) is 16.5. The Morgan fingerprint density at radius 2 is 1.09 bits per heavy atom. The molecule has 0 saturated heterocycles. The highest BCUT2D eigenvalue weighted by Crippen LogP contribution is 2.46. The average molecular weight is 313 g/mol. The van der Waals surface area contributed by atoms with Crippen LogP contribution < -0.4 is 0 Å². The molecule has 22 heavy (non-hydrogen) atoms. The van der Waals surface area contributed by atoms with Gasteiger partial charge in [0.05, 0.1) is 5.02 Å². The molecule has 3 rings (SSSR count). The molecule has 0 aliphatic heterocycles. The second-order valence-electron chi connectivity index (χ2n) is 4.85. The average Bonchev–Trinajstić information content (AvgIpc) is 2.49. The summed E-state index contributed by atoms with van der Waals surface area (Å²) < 4.78 is 0. The summed E-state index contributed by atoms with van der Waals surface area (Å²) >= 11 is 6.20. The highest BCUT2D eigenvalue weighted by molar-refractivity contribution is 6.34. The van der Waals surface area contributed by atoms with Crippen molar-refractivity contribution in [3.8, 4) is 39.5 Å². The molecule has 0 atom stereocenters. The van der Waals surface area contributed by atoms with E-state index in [4.69, 9.17) is 11.6 Å². The van der Waals surface area contributed by atoms with Crippen molar-refractivity contribution in [2.45, 2.75) is 0 Å². The number of halogens is 1. The topological polar surface area (TPSA) is 60.7 Å². The molecule has 3 aromatic rings. The molecule has 0 bridgehead atoms. The van der Waals surface area contributed by atoms with E-state index in [1.165, 1.54) is 12.1 Å². The van der Waals surface area contributed by atoms with Crippen LogP contribution in [0.4, 0.5) is 0 Å². The lowest BCUT2D eigenvalue weighted by molar-refractivity contribution is 0.469. The smallest absolute Gasteiger partial charge is 0.125 e. The molecule has 0 aromatic heterocycles. The SMILES string of the molecule is Oc1ccccc1-c1cccc(O)c1-c1c(O)cccc1Cl. The predicted octanol–water partition coefficient (Wildman–Crippen LogP) is 4.79. The summed E-state index contributed by atoms with van der Waals surface area (Å²) in [6.45, 7) is 0. The standard InChI is InChI=1S/C18H13ClO3/c19-13-7-4-10-16(22)18(13)17-12(6-3-9-15(17)21)11-5-1-2-8-14(11)20/h1-10,20-22H. The Kier molecular flexibility index (Phi) is 3.65. The number of phenols is 3. The van der Waals surface area contributed by atoms with Gasteiger partial charge in [0.15, 0.2) is 0 Å². The second-order valence-corrected chi connectivity index (χ2v) is 5.26. The van der Waals surface area contributed by atoms with Gasteiger partial charge in [0.2, 0.25) is 0 Å². The lowest BCUT2D eigenvalue weighted by Crippen LogP contribution is -1.88. The fraction of sp³-hybridized carbons (Fsp3) is 0. The number of hydrogen-bond donors (Lipinski definition) is 3. The fourth-order valence-electron chi connectivity index (χ4n) is 2.49. The largest absolute Gasteiger partial charge is 0.507 e. The quantitative estimate of drug-likeness (QED) is 0.637. The maximum Gasteiger partial charge on any atom is 0.125 e. The Labute approximate surface area is 132 Å². The lowest BCUT2D eigenvalue weighted by atomic mass is 9.92. The van der Waals surface area contributed by atoms with Gasteiger partial charge in [-0.15, -0.1) is 0 Å². The second kappa shape index (κ2) is 5.62. The molecule has 0 aliphatic rings. The zero-order chi connectivity index (χ0) is 15.7. The monoisotopic (exact) mass is 312 g/mol. The van der Waals surface area contributed by atoms with Crippen LogP contribution in [0.5, 0.6) is 17.2 Å². The van der Waals surface area contributed by atoms with E-state index in [1.807, 2.05) is 0 Å². The Morgan fingerprint density at radius 3 is 1.77 bits per heavy atom. The predicted molar refractivity (Wildman–Crippen MR) is 87.3 cm³/mol. The summed E-state index contributed by atoms with van der Waals surface area (Å²) in [5.41, 5.74) is 1.85. The van der Waals surface area contributed by atoms with Crippen molar-refractivity contribution in [3.05, 3.63) is 65.7 Å². The first-order valence-corrected chi connectivity index (χ1v) is 7.05. The van der Waals surface area contributed by atoms with Crippen LogP contribution in [0, 0.1) is 0 Å². The summed E-state index contributed by atoms with van der Waals surface area (Å²) in [5, 5.41) is 30.9. The van der Waals surface area contributed by atoms with E-state index in [2.05, 4.69) is 0 Å². The molecular weight excluding hydrogens is 300 g/mol. The van der Waals surface area contributed by atoms with Gasteiger partial charge in [0.1, 0.15) is 17.2 Å². The molecule has 110 valence electrons. The van der Waals surface area contributed by atoms with Crippen LogP contribution in [0.15, 0.2) is 60.7 Å². The van der Waals surface area contributed by atoms with E-state index < -0.39 is 0 Å². The molecule has 0 amide bonds. The molecule has 0 aliphatic carbocycles. The summed E-state index contributed by atoms with van der Waals surface area (Å²) in [7, 11) is 0. The number of rotatable bonds is 2. The lowest BCUT2D eigenvalue weighted by Gasteiger charge is -2.15. The van der Waals surface area contributed by atoms with Crippen LogP contribution in [-0.2, 0) is 0 Å². The summed E-state index contributed by atoms with van der Waals surface area (Å²) in [6.07, 6.45) is 0. The highest BCUT2D eigenvalue weighted by atomic mass is 35.5. The minimum atomic E-state index is -0.0364. The van der Waals surface area contributed by atoms with Gasteiger partial charge in [0.25, 0.3) is 0 Å². The van der Waals surface area contributed by atoms with Gasteiger partial charge in [-0.1, -0.05) is 48.0 Å². The summed E-state index contributed by atoms with van der Waals surface area (Å²) in [4.78, 5) is 0. The van der Waals surface area contributed by atoms with Crippen LogP contribution in [0.2, 0.25) is 5.02 Å². The van der Waals surface area contributed by atoms with Crippen molar-refractivity contribution >= 4 is 11.6 Å². The van der Waals surface area contributed by atoms with Crippen LogP contribution in [0.25, 0.3) is 22.3 Å². The van der Waals surface area contributed by atoms with Crippen molar-refractivity contribution in [2.24, 2.45) is 0 Å². The first-order chi connectivity index (χ1) is 10.6. The molecule has 0 unspecified atom stereocenters. The number of benzene rings is 3. The van der Waals surface area contributed by atoms with Crippen molar-refractivity contribution in [2.75, 3.05) is 0 Å².